The van der Waals surface area contributed by atoms with Crippen molar-refractivity contribution in [2.24, 2.45) is 0 Å². The Morgan fingerprint density at radius 1 is 1.29 bits per heavy atom. The van der Waals surface area contributed by atoms with Crippen LogP contribution in [0.15, 0.2) is 24.4 Å². The van der Waals surface area contributed by atoms with E-state index in [1.165, 1.54) is 11.5 Å². The summed E-state index contributed by atoms with van der Waals surface area (Å²) < 4.78 is 1.50. The number of rotatable bonds is 2. The Balaban J connectivity index is 2.02. The van der Waals surface area contributed by atoms with E-state index >= 15 is 0 Å². The predicted octanol–water partition coefficient (Wildman–Crippen LogP) is 3.63. The molecule has 0 aliphatic heterocycles. The number of amides is 1. The summed E-state index contributed by atoms with van der Waals surface area (Å²) in [4.78, 5) is 24.2. The van der Waals surface area contributed by atoms with Gasteiger partial charge >= 0.3 is 0 Å². The summed E-state index contributed by atoms with van der Waals surface area (Å²) in [6.45, 7) is 1.48. The number of nitrogens with zero attached hydrogens (tertiary/aromatic N) is 1. The number of carbonyl (C=O) groups is 2. The molecule has 1 heterocycles. The Bertz CT molecular complexity index is 714. The Kier molecular flexibility index (Phi) is 3.72. The van der Waals surface area contributed by atoms with E-state index in [9.17, 15) is 9.59 Å². The highest BCUT2D eigenvalue weighted by molar-refractivity contribution is 6.31. The molecule has 0 spiro atoms. The van der Waals surface area contributed by atoms with E-state index in [4.69, 9.17) is 11.6 Å². The Labute approximate surface area is 128 Å². The second kappa shape index (κ2) is 5.53. The number of carbonyl (C=O) groups excluding carboxylic acids is 2. The molecule has 0 radical (unpaired) electrons. The van der Waals surface area contributed by atoms with E-state index in [1.54, 1.807) is 24.4 Å². The average Bonchev–Trinajstić information content (AvgIpc) is 3.05. The summed E-state index contributed by atoms with van der Waals surface area (Å²) in [5, 5.41) is 4.32. The topological polar surface area (TPSA) is 51.1 Å². The van der Waals surface area contributed by atoms with Crippen LogP contribution in [0.3, 0.4) is 0 Å². The van der Waals surface area contributed by atoms with Crippen LogP contribution in [0.5, 0.6) is 0 Å². The first-order valence-corrected chi connectivity index (χ1v) is 7.56. The first-order valence-electron chi connectivity index (χ1n) is 7.18. The van der Waals surface area contributed by atoms with Crippen LogP contribution in [-0.4, -0.2) is 22.4 Å². The molecule has 4 nitrogen and oxygen atoms in total. The molecule has 2 aromatic rings. The SMILES string of the molecule is CC(=O)n1cc(C(=O)NC2CCCC2)c2cc(Cl)ccc21. The van der Waals surface area contributed by atoms with E-state index < -0.39 is 0 Å². The van der Waals surface area contributed by atoms with Crippen molar-refractivity contribution in [1.29, 1.82) is 0 Å². The second-order valence-electron chi connectivity index (χ2n) is 5.55. The van der Waals surface area contributed by atoms with Gasteiger partial charge in [0.25, 0.3) is 5.91 Å². The van der Waals surface area contributed by atoms with Gasteiger partial charge in [-0.05, 0) is 31.0 Å². The van der Waals surface area contributed by atoms with Gasteiger partial charge in [-0.1, -0.05) is 24.4 Å². The quantitative estimate of drug-likeness (QED) is 0.921. The molecule has 1 amide bonds. The van der Waals surface area contributed by atoms with Crippen molar-refractivity contribution in [3.8, 4) is 0 Å². The first kappa shape index (κ1) is 14.1. The Morgan fingerprint density at radius 2 is 2.00 bits per heavy atom. The van der Waals surface area contributed by atoms with Crippen molar-refractivity contribution < 1.29 is 9.59 Å². The number of aromatic nitrogens is 1. The van der Waals surface area contributed by atoms with E-state index in [-0.39, 0.29) is 17.9 Å². The fourth-order valence-electron chi connectivity index (χ4n) is 2.98. The van der Waals surface area contributed by atoms with Crippen molar-refractivity contribution in [2.75, 3.05) is 0 Å². The third-order valence-corrected chi connectivity index (χ3v) is 4.28. The molecule has 1 fully saturated rings. The maximum absolute atomic E-state index is 12.5. The van der Waals surface area contributed by atoms with Crippen LogP contribution in [0.25, 0.3) is 10.9 Å². The lowest BCUT2D eigenvalue weighted by atomic mass is 10.1. The average molecular weight is 305 g/mol. The molecule has 5 heteroatoms. The third kappa shape index (κ3) is 2.68. The summed E-state index contributed by atoms with van der Waals surface area (Å²) in [5.41, 5.74) is 1.22. The molecular weight excluding hydrogens is 288 g/mol. The molecular formula is C16H17ClN2O2. The van der Waals surface area contributed by atoms with E-state index in [2.05, 4.69) is 5.32 Å². The number of fused-ring (bicyclic) bond motifs is 1. The third-order valence-electron chi connectivity index (χ3n) is 4.04. The highest BCUT2D eigenvalue weighted by Crippen LogP contribution is 2.26. The fraction of sp³-hybridized carbons (Fsp3) is 0.375. The maximum Gasteiger partial charge on any atom is 0.253 e. The summed E-state index contributed by atoms with van der Waals surface area (Å²) >= 11 is 6.03. The van der Waals surface area contributed by atoms with Gasteiger partial charge in [-0.15, -0.1) is 0 Å². The van der Waals surface area contributed by atoms with E-state index in [0.29, 0.717) is 21.5 Å². The zero-order valence-corrected chi connectivity index (χ0v) is 12.6. The van der Waals surface area contributed by atoms with Crippen molar-refractivity contribution >= 4 is 34.3 Å². The standard InChI is InChI=1S/C16H17ClN2O2/c1-10(20)19-9-14(13-8-11(17)6-7-15(13)19)16(21)18-12-4-2-3-5-12/h6-9,12H,2-5H2,1H3,(H,18,21). The lowest BCUT2D eigenvalue weighted by molar-refractivity contribution is 0.0939. The minimum atomic E-state index is -0.130. The molecule has 1 aromatic heterocycles. The number of hydrogen-bond donors (Lipinski definition) is 1. The number of nitrogens with one attached hydrogen (secondary N) is 1. The molecule has 110 valence electrons. The van der Waals surface area contributed by atoms with Gasteiger partial charge in [0.1, 0.15) is 0 Å². The van der Waals surface area contributed by atoms with Crippen molar-refractivity contribution in [3.05, 3.63) is 35.0 Å². The normalized spacial score (nSPS) is 15.5. The molecule has 1 saturated carbocycles. The van der Waals surface area contributed by atoms with Crippen molar-refractivity contribution in [2.45, 2.75) is 38.6 Å². The monoisotopic (exact) mass is 304 g/mol. The minimum absolute atomic E-state index is 0.123. The minimum Gasteiger partial charge on any atom is -0.349 e. The van der Waals surface area contributed by atoms with Crippen molar-refractivity contribution in [3.63, 3.8) is 0 Å². The lowest BCUT2D eigenvalue weighted by Gasteiger charge is -2.11. The van der Waals surface area contributed by atoms with Crippen molar-refractivity contribution in [1.82, 2.24) is 9.88 Å². The Morgan fingerprint density at radius 3 is 2.67 bits per heavy atom. The first-order chi connectivity index (χ1) is 10.1. The summed E-state index contributed by atoms with van der Waals surface area (Å²) in [5.74, 6) is -0.253. The second-order valence-corrected chi connectivity index (χ2v) is 5.98. The number of benzene rings is 1. The molecule has 3 rings (SSSR count). The summed E-state index contributed by atoms with van der Waals surface area (Å²) in [7, 11) is 0. The molecule has 21 heavy (non-hydrogen) atoms. The highest BCUT2D eigenvalue weighted by Gasteiger charge is 2.21. The fourth-order valence-corrected chi connectivity index (χ4v) is 3.15. The zero-order valence-electron chi connectivity index (χ0n) is 11.9. The van der Waals surface area contributed by atoms with Crippen LogP contribution in [0.2, 0.25) is 5.02 Å². The molecule has 0 atom stereocenters. The summed E-state index contributed by atoms with van der Waals surface area (Å²) in [6, 6.07) is 5.47. The molecule has 0 bridgehead atoms. The number of hydrogen-bond acceptors (Lipinski definition) is 2. The zero-order chi connectivity index (χ0) is 15.0. The van der Waals surface area contributed by atoms with Gasteiger partial charge in [-0.3, -0.25) is 14.2 Å². The molecule has 0 saturated heterocycles. The maximum atomic E-state index is 12.5. The van der Waals surface area contributed by atoms with Gasteiger partial charge in [-0.25, -0.2) is 0 Å². The smallest absolute Gasteiger partial charge is 0.253 e. The van der Waals surface area contributed by atoms with Gasteiger partial charge in [0.05, 0.1) is 11.1 Å². The summed E-state index contributed by atoms with van der Waals surface area (Å²) in [6.07, 6.45) is 5.97. The van der Waals surface area contributed by atoms with Crippen LogP contribution in [0, 0.1) is 0 Å². The molecule has 1 aliphatic rings. The van der Waals surface area contributed by atoms with Crippen LogP contribution in [-0.2, 0) is 0 Å². The van der Waals surface area contributed by atoms with Crippen LogP contribution in [0.1, 0.15) is 47.8 Å². The van der Waals surface area contributed by atoms with E-state index in [0.717, 1.165) is 25.7 Å². The largest absolute Gasteiger partial charge is 0.349 e. The van der Waals surface area contributed by atoms with Gasteiger partial charge in [0.2, 0.25) is 5.91 Å². The highest BCUT2D eigenvalue weighted by atomic mass is 35.5. The lowest BCUT2D eigenvalue weighted by Crippen LogP contribution is -2.32. The molecule has 0 unspecified atom stereocenters. The van der Waals surface area contributed by atoms with Gasteiger partial charge in [0.15, 0.2) is 0 Å². The van der Waals surface area contributed by atoms with Gasteiger partial charge < -0.3 is 5.32 Å². The van der Waals surface area contributed by atoms with E-state index in [1.807, 2.05) is 0 Å². The van der Waals surface area contributed by atoms with Gasteiger partial charge in [0, 0.05) is 29.6 Å². The number of halogens is 1. The van der Waals surface area contributed by atoms with Crippen LogP contribution in [0.4, 0.5) is 0 Å². The van der Waals surface area contributed by atoms with Crippen LogP contribution >= 0.6 is 11.6 Å². The van der Waals surface area contributed by atoms with Crippen LogP contribution < -0.4 is 5.32 Å². The predicted molar refractivity (Wildman–Crippen MR) is 83.0 cm³/mol. The van der Waals surface area contributed by atoms with Gasteiger partial charge in [-0.2, -0.15) is 0 Å². The molecule has 1 N–H and O–H groups in total. The molecule has 1 aliphatic carbocycles. The Hall–Kier alpha value is -1.81. The molecule has 1 aromatic carbocycles.